The van der Waals surface area contributed by atoms with E-state index in [2.05, 4.69) is 5.32 Å². The van der Waals surface area contributed by atoms with Gasteiger partial charge in [0.15, 0.2) is 0 Å². The van der Waals surface area contributed by atoms with E-state index in [1.165, 1.54) is 19.3 Å². The maximum atomic E-state index is 11.8. The first kappa shape index (κ1) is 10.5. The average molecular weight is 238 g/mol. The quantitative estimate of drug-likeness (QED) is 0.723. The Bertz CT molecular complexity index is 341. The van der Waals surface area contributed by atoms with Crippen LogP contribution in [0.5, 0.6) is 0 Å². The average Bonchev–Trinajstić information content (AvgIpc) is 2.67. The number of thiocarbonyl (C=S) groups is 1. The van der Waals surface area contributed by atoms with Crippen molar-refractivity contribution in [3.63, 3.8) is 0 Å². The zero-order chi connectivity index (χ0) is 11.4. The molecular formula is C12H18N2OS. The van der Waals surface area contributed by atoms with Gasteiger partial charge in [-0.05, 0) is 49.9 Å². The van der Waals surface area contributed by atoms with Gasteiger partial charge in [-0.25, -0.2) is 0 Å². The van der Waals surface area contributed by atoms with Gasteiger partial charge in [0, 0.05) is 6.04 Å². The number of nitrogens with one attached hydrogen (secondary N) is 1. The Kier molecular flexibility index (Phi) is 2.25. The topological polar surface area (TPSA) is 55.1 Å². The number of rotatable bonds is 3. The molecule has 3 saturated carbocycles. The van der Waals surface area contributed by atoms with Gasteiger partial charge in [-0.3, -0.25) is 4.79 Å². The monoisotopic (exact) mass is 238 g/mol. The van der Waals surface area contributed by atoms with Crippen molar-refractivity contribution in [2.75, 3.05) is 0 Å². The van der Waals surface area contributed by atoms with Gasteiger partial charge < -0.3 is 11.1 Å². The maximum Gasteiger partial charge on any atom is 0.229 e. The van der Waals surface area contributed by atoms with Crippen LogP contribution in [0.15, 0.2) is 0 Å². The molecule has 0 saturated heterocycles. The summed E-state index contributed by atoms with van der Waals surface area (Å²) in [6, 6.07) is 0.440. The Labute approximate surface area is 101 Å². The van der Waals surface area contributed by atoms with Crippen LogP contribution >= 0.6 is 12.2 Å². The molecule has 0 heterocycles. The van der Waals surface area contributed by atoms with Crippen LogP contribution in [0.2, 0.25) is 0 Å². The van der Waals surface area contributed by atoms with Crippen molar-refractivity contribution >= 4 is 23.1 Å². The number of carbonyl (C=O) groups excluding carboxylic acids is 1. The summed E-state index contributed by atoms with van der Waals surface area (Å²) in [4.78, 5) is 12.1. The Morgan fingerprint density at radius 2 is 1.94 bits per heavy atom. The normalized spacial score (nSPS) is 44.9. The van der Waals surface area contributed by atoms with Crippen molar-refractivity contribution in [3.05, 3.63) is 0 Å². The highest BCUT2D eigenvalue weighted by Crippen LogP contribution is 2.65. The predicted octanol–water partition coefficient (Wildman–Crippen LogP) is 1.07. The zero-order valence-electron chi connectivity index (χ0n) is 9.48. The molecule has 0 radical (unpaired) electrons. The molecule has 3 fully saturated rings. The van der Waals surface area contributed by atoms with Gasteiger partial charge in [-0.15, -0.1) is 0 Å². The molecule has 0 spiro atoms. The van der Waals surface area contributed by atoms with Crippen LogP contribution in [0.3, 0.4) is 0 Å². The number of hydrogen-bond donors (Lipinski definition) is 2. The highest BCUT2D eigenvalue weighted by Gasteiger charge is 2.65. The highest BCUT2D eigenvalue weighted by molar-refractivity contribution is 7.80. The third kappa shape index (κ3) is 1.39. The van der Waals surface area contributed by atoms with Gasteiger partial charge in [-0.1, -0.05) is 12.2 Å². The second-order valence-corrected chi connectivity index (χ2v) is 6.12. The van der Waals surface area contributed by atoms with Crippen molar-refractivity contribution in [2.45, 2.75) is 32.2 Å². The van der Waals surface area contributed by atoms with Crippen LogP contribution in [0.4, 0.5) is 0 Å². The first-order valence-electron chi connectivity index (χ1n) is 6.19. The summed E-state index contributed by atoms with van der Waals surface area (Å²) in [5, 5.41) is 3.13. The first-order chi connectivity index (χ1) is 7.59. The van der Waals surface area contributed by atoms with Crippen molar-refractivity contribution in [2.24, 2.45) is 35.3 Å². The summed E-state index contributed by atoms with van der Waals surface area (Å²) < 4.78 is 0. The molecule has 3 aliphatic rings. The van der Waals surface area contributed by atoms with Crippen molar-refractivity contribution in [1.82, 2.24) is 5.32 Å². The molecule has 0 aromatic heterocycles. The van der Waals surface area contributed by atoms with E-state index in [0.29, 0.717) is 11.0 Å². The van der Waals surface area contributed by atoms with Gasteiger partial charge in [0.2, 0.25) is 5.91 Å². The third-order valence-corrected chi connectivity index (χ3v) is 5.22. The Balaban J connectivity index is 1.59. The summed E-state index contributed by atoms with van der Waals surface area (Å²) in [6.45, 7) is 1.78. The molecule has 3 N–H and O–H groups in total. The maximum absolute atomic E-state index is 11.8. The van der Waals surface area contributed by atoms with E-state index in [4.69, 9.17) is 18.0 Å². The van der Waals surface area contributed by atoms with E-state index in [1.807, 2.05) is 0 Å². The van der Waals surface area contributed by atoms with Crippen LogP contribution in [-0.4, -0.2) is 16.9 Å². The minimum Gasteiger partial charge on any atom is -0.393 e. The molecular weight excluding hydrogens is 220 g/mol. The van der Waals surface area contributed by atoms with Crippen LogP contribution in [-0.2, 0) is 4.79 Å². The summed E-state index contributed by atoms with van der Waals surface area (Å²) in [6.07, 6.45) is 4.17. The van der Waals surface area contributed by atoms with Crippen LogP contribution < -0.4 is 11.1 Å². The number of nitrogens with two attached hydrogens (primary N) is 1. The second-order valence-electron chi connectivity index (χ2n) is 5.65. The molecule has 4 heteroatoms. The summed E-state index contributed by atoms with van der Waals surface area (Å²) >= 11 is 4.84. The van der Waals surface area contributed by atoms with E-state index < -0.39 is 0 Å². The van der Waals surface area contributed by atoms with E-state index in [0.717, 1.165) is 23.7 Å². The minimum atomic E-state index is -0.325. The largest absolute Gasteiger partial charge is 0.393 e. The molecule has 0 aliphatic heterocycles. The minimum absolute atomic E-state index is 0.0197. The highest BCUT2D eigenvalue weighted by atomic mass is 32.1. The van der Waals surface area contributed by atoms with Gasteiger partial charge in [0.1, 0.15) is 0 Å². The fourth-order valence-electron chi connectivity index (χ4n) is 3.94. The van der Waals surface area contributed by atoms with Crippen LogP contribution in [0.25, 0.3) is 0 Å². The lowest BCUT2D eigenvalue weighted by molar-refractivity contribution is -0.122. The van der Waals surface area contributed by atoms with Gasteiger partial charge in [0.05, 0.1) is 10.9 Å². The molecule has 16 heavy (non-hydrogen) atoms. The van der Waals surface area contributed by atoms with Gasteiger partial charge >= 0.3 is 0 Å². The predicted molar refractivity (Wildman–Crippen MR) is 65.7 cm³/mol. The summed E-state index contributed by atoms with van der Waals surface area (Å²) in [5.74, 6) is 3.03. The first-order valence-corrected chi connectivity index (χ1v) is 6.60. The molecule has 3 aliphatic carbocycles. The Hall–Kier alpha value is -0.640. The molecule has 5 atom stereocenters. The smallest absolute Gasteiger partial charge is 0.229 e. The van der Waals surface area contributed by atoms with Crippen LogP contribution in [0, 0.1) is 29.6 Å². The van der Waals surface area contributed by atoms with Crippen molar-refractivity contribution in [3.8, 4) is 0 Å². The van der Waals surface area contributed by atoms with Crippen molar-refractivity contribution in [1.29, 1.82) is 0 Å². The molecule has 0 aromatic rings. The second kappa shape index (κ2) is 3.42. The van der Waals surface area contributed by atoms with Gasteiger partial charge in [-0.2, -0.15) is 0 Å². The molecule has 1 amide bonds. The molecule has 2 bridgehead atoms. The van der Waals surface area contributed by atoms with E-state index in [9.17, 15) is 4.79 Å². The Morgan fingerprint density at radius 1 is 1.38 bits per heavy atom. The zero-order valence-corrected chi connectivity index (χ0v) is 10.3. The fraction of sp³-hybridized carbons (Fsp3) is 0.833. The molecule has 88 valence electrons. The number of hydrogen-bond acceptors (Lipinski definition) is 2. The van der Waals surface area contributed by atoms with Crippen LogP contribution in [0.1, 0.15) is 26.2 Å². The van der Waals surface area contributed by atoms with E-state index >= 15 is 0 Å². The lowest BCUT2D eigenvalue weighted by Gasteiger charge is -2.13. The third-order valence-electron chi connectivity index (χ3n) is 4.86. The van der Waals surface area contributed by atoms with E-state index in [-0.39, 0.29) is 11.8 Å². The molecule has 3 rings (SSSR count). The lowest BCUT2D eigenvalue weighted by Crippen LogP contribution is -2.39. The van der Waals surface area contributed by atoms with E-state index in [1.54, 1.807) is 6.92 Å². The standard InChI is InChI=1S/C12H18N2OS/c1-5(11(13)16)12(15)14-10-8-6-2-3-7(4-6)9(8)10/h5-10H,2-4H2,1H3,(H2,13,16)(H,14,15). The molecule has 5 unspecified atom stereocenters. The number of amides is 1. The summed E-state index contributed by atoms with van der Waals surface area (Å²) in [5.41, 5.74) is 5.49. The summed E-state index contributed by atoms with van der Waals surface area (Å²) in [7, 11) is 0. The fourth-order valence-corrected chi connectivity index (χ4v) is 4.04. The molecule has 3 nitrogen and oxygen atoms in total. The lowest BCUT2D eigenvalue weighted by atomic mass is 10.0. The molecule has 0 aromatic carbocycles. The number of fused-ring (bicyclic) bond motifs is 5. The van der Waals surface area contributed by atoms with Crippen molar-refractivity contribution < 1.29 is 4.79 Å². The van der Waals surface area contributed by atoms with Gasteiger partial charge in [0.25, 0.3) is 0 Å². The SMILES string of the molecule is CC(C(=O)NC1C2C3CCC(C3)C12)C(N)=S. The number of carbonyl (C=O) groups is 1. The Morgan fingerprint density at radius 3 is 2.44 bits per heavy atom.